The number of hydrogen-bond donors (Lipinski definition) is 2. The molecule has 0 saturated heterocycles. The normalized spacial score (nSPS) is 12.2. The smallest absolute Gasteiger partial charge is 0.338 e. The Morgan fingerprint density at radius 2 is 1.87 bits per heavy atom. The highest BCUT2D eigenvalue weighted by Gasteiger charge is 2.23. The number of carbonyl (C=O) groups is 2. The Labute approximate surface area is 171 Å². The molecule has 1 unspecified atom stereocenters. The van der Waals surface area contributed by atoms with Crippen molar-refractivity contribution in [3.63, 3.8) is 0 Å². The second-order valence-electron chi connectivity index (χ2n) is 6.42. The minimum atomic E-state index is -4.08. The van der Waals surface area contributed by atoms with Gasteiger partial charge in [-0.2, -0.15) is 4.39 Å². The van der Waals surface area contributed by atoms with Gasteiger partial charge in [-0.15, -0.1) is 0 Å². The maximum absolute atomic E-state index is 13.4. The topological polar surface area (TPSA) is 159 Å². The quantitative estimate of drug-likeness (QED) is 0.396. The number of ether oxygens (including phenoxy) is 1. The van der Waals surface area contributed by atoms with Crippen LogP contribution in [0.4, 0.5) is 15.8 Å². The van der Waals surface area contributed by atoms with Crippen molar-refractivity contribution in [3.8, 4) is 0 Å². The molecule has 1 amide bonds. The molecule has 0 aliphatic rings. The zero-order chi connectivity index (χ0) is 22.8. The lowest BCUT2D eigenvalue weighted by molar-refractivity contribution is -0.387. The second kappa shape index (κ2) is 8.55. The number of halogens is 1. The molecule has 0 heterocycles. The van der Waals surface area contributed by atoms with Crippen molar-refractivity contribution in [2.45, 2.75) is 31.8 Å². The van der Waals surface area contributed by atoms with Gasteiger partial charge in [0.25, 0.3) is 5.91 Å². The van der Waals surface area contributed by atoms with Crippen molar-refractivity contribution in [3.05, 3.63) is 63.0 Å². The molecule has 3 N–H and O–H groups in total. The van der Waals surface area contributed by atoms with E-state index in [4.69, 9.17) is 9.88 Å². The molecule has 0 saturated carbocycles. The molecule has 0 spiro atoms. The fraction of sp³-hybridized carbons (Fsp3) is 0.222. The summed E-state index contributed by atoms with van der Waals surface area (Å²) >= 11 is 0. The predicted molar refractivity (Wildman–Crippen MR) is 104 cm³/mol. The molecular formula is C18H18FN3O7S. The number of nitrogens with zero attached hydrogens (tertiary/aromatic N) is 1. The second-order valence-corrected chi connectivity index (χ2v) is 7.95. The molecule has 10 nitrogen and oxygen atoms in total. The highest BCUT2D eigenvalue weighted by atomic mass is 32.2. The number of aryl methyl sites for hydroxylation is 1. The van der Waals surface area contributed by atoms with E-state index in [9.17, 15) is 32.5 Å². The molecule has 2 rings (SSSR count). The number of nitrogens with one attached hydrogen (secondary N) is 1. The highest BCUT2D eigenvalue weighted by molar-refractivity contribution is 7.89. The molecule has 0 aliphatic carbocycles. The van der Waals surface area contributed by atoms with Crippen LogP contribution in [-0.2, 0) is 19.6 Å². The molecule has 2 aromatic carbocycles. The van der Waals surface area contributed by atoms with Gasteiger partial charge in [0.1, 0.15) is 0 Å². The monoisotopic (exact) mass is 439 g/mol. The van der Waals surface area contributed by atoms with Crippen LogP contribution < -0.4 is 10.5 Å². The van der Waals surface area contributed by atoms with Crippen molar-refractivity contribution < 1.29 is 32.1 Å². The lowest BCUT2D eigenvalue weighted by atomic mass is 10.1. The maximum Gasteiger partial charge on any atom is 0.338 e. The number of amides is 1. The Kier molecular flexibility index (Phi) is 6.53. The summed E-state index contributed by atoms with van der Waals surface area (Å²) in [5.41, 5.74) is -0.178. The summed E-state index contributed by atoms with van der Waals surface area (Å²) in [6, 6.07) is 5.18. The molecular weight excluding hydrogens is 421 g/mol. The van der Waals surface area contributed by atoms with Gasteiger partial charge in [-0.3, -0.25) is 14.9 Å². The van der Waals surface area contributed by atoms with E-state index in [-0.39, 0.29) is 16.1 Å². The fourth-order valence-corrected chi connectivity index (χ4v) is 3.38. The first-order valence-corrected chi connectivity index (χ1v) is 9.95. The van der Waals surface area contributed by atoms with Crippen LogP contribution in [0.15, 0.2) is 35.2 Å². The van der Waals surface area contributed by atoms with Crippen LogP contribution in [0.1, 0.15) is 28.4 Å². The summed E-state index contributed by atoms with van der Waals surface area (Å²) < 4.78 is 41.8. The zero-order valence-corrected chi connectivity index (χ0v) is 16.9. The predicted octanol–water partition coefficient (Wildman–Crippen LogP) is 2.18. The summed E-state index contributed by atoms with van der Waals surface area (Å²) in [4.78, 5) is 34.2. The Hall–Kier alpha value is -3.38. The summed E-state index contributed by atoms with van der Waals surface area (Å²) in [7, 11) is -4.08. The number of primary sulfonamides is 1. The molecule has 160 valence electrons. The van der Waals surface area contributed by atoms with Crippen LogP contribution in [0.25, 0.3) is 0 Å². The lowest BCUT2D eigenvalue weighted by Crippen LogP contribution is -2.30. The number of nitro benzene ring substituents is 1. The van der Waals surface area contributed by atoms with Gasteiger partial charge in [0.05, 0.1) is 15.4 Å². The van der Waals surface area contributed by atoms with E-state index in [1.807, 2.05) is 0 Å². The Bertz CT molecular complexity index is 1150. The number of hydrogen-bond acceptors (Lipinski definition) is 7. The van der Waals surface area contributed by atoms with Gasteiger partial charge in [0.2, 0.25) is 15.8 Å². The first kappa shape index (κ1) is 22.9. The Morgan fingerprint density at radius 3 is 2.43 bits per heavy atom. The average Bonchev–Trinajstić information content (AvgIpc) is 2.63. The minimum absolute atomic E-state index is 0.0707. The molecule has 0 radical (unpaired) electrons. The number of esters is 1. The van der Waals surface area contributed by atoms with Gasteiger partial charge in [-0.25, -0.2) is 18.4 Å². The third-order valence-electron chi connectivity index (χ3n) is 4.23. The maximum atomic E-state index is 13.4. The van der Waals surface area contributed by atoms with Crippen molar-refractivity contribution in [2.24, 2.45) is 5.14 Å². The number of carbonyl (C=O) groups excluding carboxylic acids is 2. The summed E-state index contributed by atoms with van der Waals surface area (Å²) in [5.74, 6) is -2.88. The largest absolute Gasteiger partial charge is 0.449 e. The third kappa shape index (κ3) is 5.15. The van der Waals surface area contributed by atoms with Gasteiger partial charge < -0.3 is 10.1 Å². The fourth-order valence-electron chi connectivity index (χ4n) is 2.50. The van der Waals surface area contributed by atoms with Gasteiger partial charge in [-0.05, 0) is 56.2 Å². The van der Waals surface area contributed by atoms with Gasteiger partial charge in [0.15, 0.2) is 6.10 Å². The van der Waals surface area contributed by atoms with Crippen LogP contribution in [0, 0.1) is 29.8 Å². The van der Waals surface area contributed by atoms with Gasteiger partial charge in [-0.1, -0.05) is 0 Å². The van der Waals surface area contributed by atoms with E-state index >= 15 is 0 Å². The van der Waals surface area contributed by atoms with E-state index in [0.717, 1.165) is 24.3 Å². The third-order valence-corrected chi connectivity index (χ3v) is 5.26. The van der Waals surface area contributed by atoms with Crippen LogP contribution in [0.3, 0.4) is 0 Å². The number of benzene rings is 2. The number of anilines is 1. The van der Waals surface area contributed by atoms with Crippen LogP contribution in [0.5, 0.6) is 0 Å². The standard InChI is InChI=1S/C18H18FN3O7S/c1-9-6-12(7-16(10(9)2)30(20,27)28)18(24)29-11(3)17(23)21-13-4-5-14(19)15(8-13)22(25)26/h4-8,11H,1-3H3,(H,21,23)(H2,20,27,28). The van der Waals surface area contributed by atoms with E-state index in [0.29, 0.717) is 11.1 Å². The number of rotatable bonds is 6. The average molecular weight is 439 g/mol. The summed E-state index contributed by atoms with van der Waals surface area (Å²) in [6.07, 6.45) is -1.35. The molecule has 0 fully saturated rings. The van der Waals surface area contributed by atoms with Crippen molar-refractivity contribution >= 4 is 33.3 Å². The van der Waals surface area contributed by atoms with Crippen LogP contribution >= 0.6 is 0 Å². The van der Waals surface area contributed by atoms with Crippen molar-refractivity contribution in [1.29, 1.82) is 0 Å². The number of sulfonamides is 1. The SMILES string of the molecule is Cc1cc(C(=O)OC(C)C(=O)Nc2ccc(F)c([N+](=O)[O-])c2)cc(S(N)(=O)=O)c1C. The molecule has 12 heteroatoms. The zero-order valence-electron chi connectivity index (χ0n) is 16.1. The highest BCUT2D eigenvalue weighted by Crippen LogP contribution is 2.23. The van der Waals surface area contributed by atoms with Gasteiger partial charge >= 0.3 is 11.7 Å². The summed E-state index contributed by atoms with van der Waals surface area (Å²) in [5, 5.41) is 18.2. The van der Waals surface area contributed by atoms with E-state index in [2.05, 4.69) is 5.32 Å². The first-order chi connectivity index (χ1) is 13.8. The molecule has 30 heavy (non-hydrogen) atoms. The van der Waals surface area contributed by atoms with E-state index < -0.39 is 44.4 Å². The molecule has 0 aliphatic heterocycles. The number of nitrogens with two attached hydrogens (primary N) is 1. The first-order valence-electron chi connectivity index (χ1n) is 8.41. The van der Waals surface area contributed by atoms with Crippen LogP contribution in [0.2, 0.25) is 0 Å². The van der Waals surface area contributed by atoms with Gasteiger partial charge in [0, 0.05) is 11.8 Å². The molecule has 0 bridgehead atoms. The van der Waals surface area contributed by atoms with E-state index in [1.54, 1.807) is 6.92 Å². The molecule has 2 aromatic rings. The molecule has 1 atom stereocenters. The Morgan fingerprint density at radius 1 is 1.23 bits per heavy atom. The number of nitro groups is 1. The van der Waals surface area contributed by atoms with Crippen LogP contribution in [-0.4, -0.2) is 31.3 Å². The Balaban J connectivity index is 2.18. The van der Waals surface area contributed by atoms with Crippen molar-refractivity contribution in [1.82, 2.24) is 0 Å². The molecule has 0 aromatic heterocycles. The summed E-state index contributed by atoms with van der Waals surface area (Å²) in [6.45, 7) is 4.35. The lowest BCUT2D eigenvalue weighted by Gasteiger charge is -2.15. The van der Waals surface area contributed by atoms with E-state index in [1.165, 1.54) is 19.9 Å². The van der Waals surface area contributed by atoms with Crippen molar-refractivity contribution in [2.75, 3.05) is 5.32 Å². The minimum Gasteiger partial charge on any atom is -0.449 e.